The molecule has 0 fully saturated rings. The fourth-order valence-corrected chi connectivity index (χ4v) is 4.58. The molecule has 0 bridgehead atoms. The van der Waals surface area contributed by atoms with Gasteiger partial charge < -0.3 is 29.2 Å². The molecule has 0 radical (unpaired) electrons. The molecule has 3 aromatic rings. The number of carbonyl (C=O) groups is 1. The van der Waals surface area contributed by atoms with E-state index in [1.165, 1.54) is 11.3 Å². The van der Waals surface area contributed by atoms with Gasteiger partial charge in [-0.3, -0.25) is 4.79 Å². The fraction of sp³-hybridized carbons (Fsp3) is 0.462. The molecule has 3 rings (SSSR count). The maximum atomic E-state index is 13.0. The summed E-state index contributed by atoms with van der Waals surface area (Å²) in [6, 6.07) is 12.4. The molecule has 2 unspecified atom stereocenters. The maximum absolute atomic E-state index is 13.0. The first-order valence-electron chi connectivity index (χ1n) is 11.8. The van der Waals surface area contributed by atoms with E-state index in [0.29, 0.717) is 61.2 Å². The van der Waals surface area contributed by atoms with Crippen molar-refractivity contribution in [3.63, 3.8) is 0 Å². The third-order valence-corrected chi connectivity index (χ3v) is 6.38. The lowest BCUT2D eigenvalue weighted by Gasteiger charge is -2.13. The lowest BCUT2D eigenvalue weighted by molar-refractivity contribution is -0.113. The number of carbonyl (C=O) groups excluding carboxylic acids is 1. The third kappa shape index (κ3) is 8.06. The second-order valence-electron chi connectivity index (χ2n) is 7.95. The second kappa shape index (κ2) is 14.2. The van der Waals surface area contributed by atoms with Gasteiger partial charge in [0.1, 0.15) is 12.7 Å². The monoisotopic (exact) mass is 504 g/mol. The van der Waals surface area contributed by atoms with Crippen LogP contribution in [0.4, 0.5) is 0 Å². The minimum Gasteiger partial charge on any atom is -0.459 e. The summed E-state index contributed by atoms with van der Waals surface area (Å²) in [6.07, 6.45) is 0.00727. The maximum Gasteiger partial charge on any atom is 0.339 e. The lowest BCUT2D eigenvalue weighted by atomic mass is 10.1. The minimum atomic E-state index is -0.985. The molecule has 0 amide bonds. The Kier molecular flexibility index (Phi) is 11.1. The van der Waals surface area contributed by atoms with E-state index in [1.807, 2.05) is 19.1 Å². The molecule has 0 saturated carbocycles. The van der Waals surface area contributed by atoms with Crippen LogP contribution in [-0.4, -0.2) is 68.2 Å². The summed E-state index contributed by atoms with van der Waals surface area (Å²) in [7, 11) is 0. The van der Waals surface area contributed by atoms with Gasteiger partial charge in [-0.15, -0.1) is 11.3 Å². The number of unbranched alkanes of at least 4 members (excludes halogenated alkanes) is 1. The first kappa shape index (κ1) is 27.2. The van der Waals surface area contributed by atoms with E-state index in [9.17, 15) is 19.8 Å². The molecule has 0 saturated heterocycles. The molecule has 190 valence electrons. The predicted molar refractivity (Wildman–Crippen MR) is 135 cm³/mol. The largest absolute Gasteiger partial charge is 0.459 e. The van der Waals surface area contributed by atoms with Gasteiger partial charge in [-0.1, -0.05) is 18.2 Å². The zero-order valence-corrected chi connectivity index (χ0v) is 20.6. The Bertz CT molecular complexity index is 1150. The van der Waals surface area contributed by atoms with E-state index in [0.717, 1.165) is 4.70 Å². The smallest absolute Gasteiger partial charge is 0.339 e. The number of hydrogen-bond acceptors (Lipinski definition) is 9. The summed E-state index contributed by atoms with van der Waals surface area (Å²) in [5.74, 6) is -0.658. The summed E-state index contributed by atoms with van der Waals surface area (Å²) < 4.78 is 22.7. The van der Waals surface area contributed by atoms with Crippen molar-refractivity contribution in [2.45, 2.75) is 38.6 Å². The molecule has 0 aliphatic carbocycles. The number of hydrogen-bond donors (Lipinski definition) is 2. The zero-order chi connectivity index (χ0) is 25.0. The van der Waals surface area contributed by atoms with Crippen LogP contribution in [0.25, 0.3) is 20.2 Å². The number of esters is 1. The predicted octanol–water partition coefficient (Wildman–Crippen LogP) is 3.49. The molecule has 8 nitrogen and oxygen atoms in total. The van der Waals surface area contributed by atoms with E-state index in [2.05, 4.69) is 0 Å². The molecule has 2 atom stereocenters. The Labute approximate surface area is 208 Å². The molecule has 2 aromatic carbocycles. The number of aliphatic hydroxyl groups is 2. The van der Waals surface area contributed by atoms with Crippen LogP contribution in [0.2, 0.25) is 0 Å². The van der Waals surface area contributed by atoms with Crippen LogP contribution >= 0.6 is 11.3 Å². The Morgan fingerprint density at radius 2 is 1.71 bits per heavy atom. The average Bonchev–Trinajstić information content (AvgIpc) is 2.86. The summed E-state index contributed by atoms with van der Waals surface area (Å²) in [5.41, 5.74) is -0.0253. The van der Waals surface area contributed by atoms with Crippen LogP contribution in [0.1, 0.15) is 36.5 Å². The summed E-state index contributed by atoms with van der Waals surface area (Å²) in [4.78, 5) is 25.7. The van der Waals surface area contributed by atoms with E-state index >= 15 is 0 Å². The molecule has 1 aromatic heterocycles. The topological polar surface area (TPSA) is 112 Å². The highest BCUT2D eigenvalue weighted by molar-refractivity contribution is 7.24. The summed E-state index contributed by atoms with van der Waals surface area (Å²) in [6.45, 7) is 3.54. The average molecular weight is 505 g/mol. The number of rotatable bonds is 15. The number of benzene rings is 2. The molecule has 35 heavy (non-hydrogen) atoms. The first-order chi connectivity index (χ1) is 17.0. The van der Waals surface area contributed by atoms with Gasteiger partial charge in [0.2, 0.25) is 0 Å². The van der Waals surface area contributed by atoms with Crippen molar-refractivity contribution in [1.82, 2.24) is 0 Å². The highest BCUT2D eigenvalue weighted by atomic mass is 32.1. The van der Waals surface area contributed by atoms with Crippen LogP contribution in [-0.2, 0) is 18.9 Å². The Morgan fingerprint density at radius 3 is 2.54 bits per heavy atom. The molecular formula is C26H32O8S. The number of ether oxygens (including phenoxy) is 4. The highest BCUT2D eigenvalue weighted by Crippen LogP contribution is 2.26. The summed E-state index contributed by atoms with van der Waals surface area (Å²) in [5, 5.41) is 20.6. The summed E-state index contributed by atoms with van der Waals surface area (Å²) >= 11 is 1.44. The standard InChI is InChI=1S/C26H32O8S/c1-2-31-15-12-23(28)33-14-6-5-13-32-16-18(27)17-34-26(30)20-9-7-11-22-24(20)25(29)19-8-3-4-10-21(19)35-22/h3-4,7-11,18,23,27-28H,2,5-6,12-17H2,1H3. The van der Waals surface area contributed by atoms with E-state index in [-0.39, 0.29) is 24.2 Å². The van der Waals surface area contributed by atoms with Gasteiger partial charge in [0, 0.05) is 41.0 Å². The lowest BCUT2D eigenvalue weighted by Crippen LogP contribution is -2.24. The Morgan fingerprint density at radius 1 is 0.943 bits per heavy atom. The molecule has 2 N–H and O–H groups in total. The molecular weight excluding hydrogens is 472 g/mol. The van der Waals surface area contributed by atoms with Gasteiger partial charge in [-0.2, -0.15) is 0 Å². The van der Waals surface area contributed by atoms with Crippen molar-refractivity contribution >= 4 is 37.5 Å². The normalized spacial score (nSPS) is 13.2. The first-order valence-corrected chi connectivity index (χ1v) is 12.6. The van der Waals surface area contributed by atoms with E-state index in [1.54, 1.807) is 30.3 Å². The van der Waals surface area contributed by atoms with Gasteiger partial charge >= 0.3 is 5.97 Å². The molecule has 0 aliphatic heterocycles. The van der Waals surface area contributed by atoms with Crippen LogP contribution < -0.4 is 5.43 Å². The quantitative estimate of drug-likeness (QED) is 0.140. The highest BCUT2D eigenvalue weighted by Gasteiger charge is 2.17. The SMILES string of the molecule is CCOCCC(O)OCCCCOCC(O)COC(=O)c1cccc2sc3ccccc3c(=O)c12. The van der Waals surface area contributed by atoms with Gasteiger partial charge in [0.05, 0.1) is 24.2 Å². The minimum absolute atomic E-state index is 0.0141. The van der Waals surface area contributed by atoms with E-state index in [4.69, 9.17) is 18.9 Å². The molecule has 9 heteroatoms. The van der Waals surface area contributed by atoms with Gasteiger partial charge in [0.15, 0.2) is 11.7 Å². The number of aliphatic hydroxyl groups excluding tert-OH is 2. The third-order valence-electron chi connectivity index (χ3n) is 5.25. The number of fused-ring (bicyclic) bond motifs is 2. The van der Waals surface area contributed by atoms with Crippen LogP contribution in [0.15, 0.2) is 47.3 Å². The van der Waals surface area contributed by atoms with Crippen molar-refractivity contribution in [3.05, 3.63) is 58.3 Å². The van der Waals surface area contributed by atoms with Crippen molar-refractivity contribution in [1.29, 1.82) is 0 Å². The van der Waals surface area contributed by atoms with Crippen molar-refractivity contribution < 1.29 is 34.0 Å². The van der Waals surface area contributed by atoms with Crippen molar-refractivity contribution in [2.75, 3.05) is 39.6 Å². The fourth-order valence-electron chi connectivity index (χ4n) is 3.47. The van der Waals surface area contributed by atoms with Gasteiger partial charge in [-0.05, 0) is 44.0 Å². The Balaban J connectivity index is 1.40. The van der Waals surface area contributed by atoms with Crippen LogP contribution in [0.5, 0.6) is 0 Å². The Hall–Kier alpha value is -2.40. The van der Waals surface area contributed by atoms with E-state index < -0.39 is 18.4 Å². The molecule has 0 aliphatic rings. The van der Waals surface area contributed by atoms with Crippen molar-refractivity contribution in [2.24, 2.45) is 0 Å². The molecule has 1 heterocycles. The van der Waals surface area contributed by atoms with Crippen molar-refractivity contribution in [3.8, 4) is 0 Å². The van der Waals surface area contributed by atoms with Gasteiger partial charge in [-0.25, -0.2) is 4.79 Å². The van der Waals surface area contributed by atoms with Gasteiger partial charge in [0.25, 0.3) is 0 Å². The second-order valence-corrected chi connectivity index (χ2v) is 9.04. The van der Waals surface area contributed by atoms with Crippen LogP contribution in [0.3, 0.4) is 0 Å². The van der Waals surface area contributed by atoms with Crippen LogP contribution in [0, 0.1) is 0 Å². The zero-order valence-electron chi connectivity index (χ0n) is 19.8. The molecule has 0 spiro atoms.